The molecule has 3 rings (SSSR count). The monoisotopic (exact) mass is 307 g/mol. The Morgan fingerprint density at radius 1 is 1.36 bits per heavy atom. The van der Waals surface area contributed by atoms with Gasteiger partial charge in [-0.15, -0.1) is 0 Å². The van der Waals surface area contributed by atoms with Crippen LogP contribution in [0, 0.1) is 13.8 Å². The third kappa shape index (κ3) is 2.77. The highest BCUT2D eigenvalue weighted by Crippen LogP contribution is 2.29. The first-order valence-electron chi connectivity index (χ1n) is 8.09. The number of ether oxygens (including phenoxy) is 2. The topological polar surface area (TPSA) is 56.6 Å². The van der Waals surface area contributed by atoms with E-state index in [-0.39, 0.29) is 5.97 Å². The number of morpholine rings is 1. The summed E-state index contributed by atoms with van der Waals surface area (Å²) in [4.78, 5) is 14.3. The van der Waals surface area contributed by atoms with E-state index in [1.165, 1.54) is 26.4 Å². The molecular weight excluding hydrogens is 282 g/mol. The number of methoxy groups -OCH3 is 1. The SMILES string of the molecule is COC(=O)c1c(C)nn(CN2CCO[C@@H]3CCCC[C@H]32)c1C. The second-order valence-corrected chi connectivity index (χ2v) is 6.25. The van der Waals surface area contributed by atoms with Crippen molar-refractivity contribution in [1.29, 1.82) is 0 Å². The smallest absolute Gasteiger partial charge is 0.341 e. The van der Waals surface area contributed by atoms with Crippen LogP contribution in [0.3, 0.4) is 0 Å². The maximum Gasteiger partial charge on any atom is 0.341 e. The Bertz CT molecular complexity index is 553. The maximum atomic E-state index is 11.9. The van der Waals surface area contributed by atoms with Gasteiger partial charge in [0, 0.05) is 12.6 Å². The average molecular weight is 307 g/mol. The number of carbonyl (C=O) groups is 1. The first-order valence-corrected chi connectivity index (χ1v) is 8.09. The zero-order chi connectivity index (χ0) is 15.7. The molecule has 1 aromatic rings. The van der Waals surface area contributed by atoms with Gasteiger partial charge in [-0.2, -0.15) is 5.10 Å². The largest absolute Gasteiger partial charge is 0.465 e. The zero-order valence-corrected chi connectivity index (χ0v) is 13.7. The molecule has 0 amide bonds. The normalized spacial score (nSPS) is 25.8. The lowest BCUT2D eigenvalue weighted by Crippen LogP contribution is -2.53. The standard InChI is InChI=1S/C16H25N3O3/c1-11-15(16(20)21-3)12(2)19(17-11)10-18-8-9-22-14-7-5-4-6-13(14)18/h13-14H,4-10H2,1-3H3/t13-,14-/m1/s1. The van der Waals surface area contributed by atoms with Gasteiger partial charge < -0.3 is 9.47 Å². The van der Waals surface area contributed by atoms with Crippen molar-refractivity contribution in [2.24, 2.45) is 0 Å². The van der Waals surface area contributed by atoms with Gasteiger partial charge in [-0.25, -0.2) is 4.79 Å². The lowest BCUT2D eigenvalue weighted by Gasteiger charge is -2.43. The molecule has 0 unspecified atom stereocenters. The fourth-order valence-corrected chi connectivity index (χ4v) is 3.76. The molecule has 0 bridgehead atoms. The van der Waals surface area contributed by atoms with Gasteiger partial charge in [0.2, 0.25) is 0 Å². The van der Waals surface area contributed by atoms with Gasteiger partial charge in [0.25, 0.3) is 0 Å². The van der Waals surface area contributed by atoms with Crippen LogP contribution in [0.25, 0.3) is 0 Å². The Balaban J connectivity index is 1.79. The van der Waals surface area contributed by atoms with Gasteiger partial charge in [0.1, 0.15) is 5.56 Å². The molecule has 0 spiro atoms. The lowest BCUT2D eigenvalue weighted by atomic mass is 9.90. The van der Waals surface area contributed by atoms with Crippen molar-refractivity contribution in [3.8, 4) is 0 Å². The van der Waals surface area contributed by atoms with Crippen molar-refractivity contribution in [3.63, 3.8) is 0 Å². The molecule has 0 N–H and O–H groups in total. The fraction of sp³-hybridized carbons (Fsp3) is 0.750. The average Bonchev–Trinajstić information content (AvgIpc) is 2.81. The third-order valence-corrected chi connectivity index (χ3v) is 4.93. The molecule has 1 saturated heterocycles. The molecule has 6 heteroatoms. The number of rotatable bonds is 3. The van der Waals surface area contributed by atoms with Crippen LogP contribution in [-0.4, -0.2) is 53.1 Å². The van der Waals surface area contributed by atoms with E-state index in [2.05, 4.69) is 10.00 Å². The highest BCUT2D eigenvalue weighted by atomic mass is 16.5. The van der Waals surface area contributed by atoms with Crippen LogP contribution in [0.2, 0.25) is 0 Å². The highest BCUT2D eigenvalue weighted by molar-refractivity contribution is 5.91. The van der Waals surface area contributed by atoms with Gasteiger partial charge in [-0.3, -0.25) is 9.58 Å². The van der Waals surface area contributed by atoms with Crippen LogP contribution in [0.1, 0.15) is 47.4 Å². The summed E-state index contributed by atoms with van der Waals surface area (Å²) >= 11 is 0. The first kappa shape index (κ1) is 15.5. The van der Waals surface area contributed by atoms with E-state index < -0.39 is 0 Å². The van der Waals surface area contributed by atoms with Crippen molar-refractivity contribution in [1.82, 2.24) is 14.7 Å². The first-order chi connectivity index (χ1) is 10.6. The maximum absolute atomic E-state index is 11.9. The van der Waals surface area contributed by atoms with Crippen LogP contribution in [0.15, 0.2) is 0 Å². The van der Waals surface area contributed by atoms with E-state index in [0.29, 0.717) is 24.4 Å². The van der Waals surface area contributed by atoms with E-state index in [1.54, 1.807) is 0 Å². The zero-order valence-electron chi connectivity index (χ0n) is 13.7. The quantitative estimate of drug-likeness (QED) is 0.798. The molecule has 0 radical (unpaired) electrons. The molecule has 22 heavy (non-hydrogen) atoms. The molecule has 1 aromatic heterocycles. The number of hydrogen-bond donors (Lipinski definition) is 0. The van der Waals surface area contributed by atoms with Crippen molar-refractivity contribution in [3.05, 3.63) is 17.0 Å². The summed E-state index contributed by atoms with van der Waals surface area (Å²) in [5.74, 6) is -0.307. The second-order valence-electron chi connectivity index (χ2n) is 6.25. The molecule has 2 atom stereocenters. The Hall–Kier alpha value is -1.40. The summed E-state index contributed by atoms with van der Waals surface area (Å²) < 4.78 is 12.7. The van der Waals surface area contributed by atoms with Crippen LogP contribution in [-0.2, 0) is 16.1 Å². The van der Waals surface area contributed by atoms with Gasteiger partial charge in [0.15, 0.2) is 0 Å². The van der Waals surface area contributed by atoms with Crippen molar-refractivity contribution < 1.29 is 14.3 Å². The molecule has 2 heterocycles. The van der Waals surface area contributed by atoms with E-state index in [1.807, 2.05) is 18.5 Å². The molecule has 6 nitrogen and oxygen atoms in total. The van der Waals surface area contributed by atoms with Gasteiger partial charge in [-0.1, -0.05) is 12.8 Å². The van der Waals surface area contributed by atoms with E-state index in [4.69, 9.17) is 9.47 Å². The van der Waals surface area contributed by atoms with Crippen molar-refractivity contribution in [2.75, 3.05) is 20.3 Å². The summed E-state index contributed by atoms with van der Waals surface area (Å²) in [5, 5.41) is 4.54. The number of carbonyl (C=O) groups excluding carboxylic acids is 1. The van der Waals surface area contributed by atoms with Gasteiger partial charge >= 0.3 is 5.97 Å². The Morgan fingerprint density at radius 2 is 2.14 bits per heavy atom. The number of esters is 1. The predicted octanol–water partition coefficient (Wildman–Crippen LogP) is 1.89. The number of aromatic nitrogens is 2. The van der Waals surface area contributed by atoms with Crippen molar-refractivity contribution >= 4 is 5.97 Å². The van der Waals surface area contributed by atoms with Crippen LogP contribution in [0.4, 0.5) is 0 Å². The predicted molar refractivity (Wildman–Crippen MR) is 81.7 cm³/mol. The summed E-state index contributed by atoms with van der Waals surface area (Å²) in [5.41, 5.74) is 2.21. The third-order valence-electron chi connectivity index (χ3n) is 4.93. The summed E-state index contributed by atoms with van der Waals surface area (Å²) in [6, 6.07) is 0.480. The highest BCUT2D eigenvalue weighted by Gasteiger charge is 2.34. The molecule has 1 saturated carbocycles. The minimum atomic E-state index is -0.307. The Labute approximate surface area is 131 Å². The number of nitrogens with zero attached hydrogens (tertiary/aromatic N) is 3. The van der Waals surface area contributed by atoms with E-state index in [9.17, 15) is 4.79 Å². The number of fused-ring (bicyclic) bond motifs is 1. The van der Waals surface area contributed by atoms with Gasteiger partial charge in [0.05, 0.1) is 37.9 Å². The molecule has 122 valence electrons. The molecule has 1 aliphatic carbocycles. The molecule has 1 aliphatic heterocycles. The summed E-state index contributed by atoms with van der Waals surface area (Å²) in [6.45, 7) is 6.22. The number of aryl methyl sites for hydroxylation is 1. The minimum absolute atomic E-state index is 0.307. The van der Waals surface area contributed by atoms with Crippen LogP contribution in [0.5, 0.6) is 0 Å². The minimum Gasteiger partial charge on any atom is -0.465 e. The number of hydrogen-bond acceptors (Lipinski definition) is 5. The summed E-state index contributed by atoms with van der Waals surface area (Å²) in [7, 11) is 1.41. The molecule has 2 fully saturated rings. The Morgan fingerprint density at radius 3 is 2.91 bits per heavy atom. The summed E-state index contributed by atoms with van der Waals surface area (Å²) in [6.07, 6.45) is 5.24. The van der Waals surface area contributed by atoms with Crippen LogP contribution < -0.4 is 0 Å². The molecule has 2 aliphatic rings. The Kier molecular flexibility index (Phi) is 4.49. The van der Waals surface area contributed by atoms with Crippen molar-refractivity contribution in [2.45, 2.75) is 58.3 Å². The molecular formula is C16H25N3O3. The van der Waals surface area contributed by atoms with Crippen LogP contribution >= 0.6 is 0 Å². The second kappa shape index (κ2) is 6.38. The van der Waals surface area contributed by atoms with Gasteiger partial charge in [-0.05, 0) is 26.7 Å². The fourth-order valence-electron chi connectivity index (χ4n) is 3.76. The van der Waals surface area contributed by atoms with E-state index in [0.717, 1.165) is 31.0 Å². The molecule has 0 aromatic carbocycles. The lowest BCUT2D eigenvalue weighted by molar-refractivity contribution is -0.0994. The van der Waals surface area contributed by atoms with E-state index >= 15 is 0 Å².